The highest BCUT2D eigenvalue weighted by Crippen LogP contribution is 2.18. The summed E-state index contributed by atoms with van der Waals surface area (Å²) in [7, 11) is 0. The molecule has 8 heteroatoms. The van der Waals surface area contributed by atoms with E-state index in [9.17, 15) is 4.79 Å². The first-order valence-corrected chi connectivity index (χ1v) is 7.72. The summed E-state index contributed by atoms with van der Waals surface area (Å²) in [6, 6.07) is 7.29. The van der Waals surface area contributed by atoms with Gasteiger partial charge in [-0.1, -0.05) is 11.6 Å². The van der Waals surface area contributed by atoms with Crippen LogP contribution in [0.4, 0.5) is 17.5 Å². The summed E-state index contributed by atoms with van der Waals surface area (Å²) < 4.78 is 0. The van der Waals surface area contributed by atoms with Crippen molar-refractivity contribution in [3.63, 3.8) is 0 Å². The minimum atomic E-state index is 0.107. The van der Waals surface area contributed by atoms with Crippen LogP contribution in [-0.4, -0.2) is 52.2 Å². The smallest absolute Gasteiger partial charge is 0.249 e. The zero-order valence-electron chi connectivity index (χ0n) is 12.7. The van der Waals surface area contributed by atoms with Crippen LogP contribution < -0.4 is 10.2 Å². The molecule has 0 bridgehead atoms. The molecule has 1 amide bonds. The molecule has 23 heavy (non-hydrogen) atoms. The lowest BCUT2D eigenvalue weighted by molar-refractivity contribution is -0.129. The first-order valence-electron chi connectivity index (χ1n) is 7.34. The van der Waals surface area contributed by atoms with Crippen molar-refractivity contribution in [3.8, 4) is 0 Å². The summed E-state index contributed by atoms with van der Waals surface area (Å²) in [5, 5.41) is 11.8. The Kier molecular flexibility index (Phi) is 4.57. The third-order valence-corrected chi connectivity index (χ3v) is 3.95. The topological polar surface area (TPSA) is 74.2 Å². The Morgan fingerprint density at radius 2 is 1.87 bits per heavy atom. The predicted molar refractivity (Wildman–Crippen MR) is 89.0 cm³/mol. The second-order valence-electron chi connectivity index (χ2n) is 5.26. The molecule has 1 fully saturated rings. The van der Waals surface area contributed by atoms with Gasteiger partial charge in [0.1, 0.15) is 0 Å². The fraction of sp³-hybridized carbons (Fsp3) is 0.333. The molecule has 0 atom stereocenters. The van der Waals surface area contributed by atoms with Gasteiger partial charge in [0.15, 0.2) is 5.82 Å². The van der Waals surface area contributed by atoms with Crippen LogP contribution in [0, 0.1) is 0 Å². The van der Waals surface area contributed by atoms with Crippen molar-refractivity contribution in [3.05, 3.63) is 35.5 Å². The molecule has 2 aromatic rings. The molecule has 7 nitrogen and oxygen atoms in total. The van der Waals surface area contributed by atoms with Crippen molar-refractivity contribution in [1.29, 1.82) is 0 Å². The van der Waals surface area contributed by atoms with E-state index in [1.165, 1.54) is 0 Å². The number of aromatic nitrogens is 3. The predicted octanol–water partition coefficient (Wildman–Crippen LogP) is 1.94. The monoisotopic (exact) mass is 332 g/mol. The molecule has 1 aromatic carbocycles. The number of amides is 1. The number of piperazine rings is 1. The number of carbonyl (C=O) groups excluding carboxylic acids is 1. The summed E-state index contributed by atoms with van der Waals surface area (Å²) in [6.45, 7) is 4.45. The van der Waals surface area contributed by atoms with Crippen molar-refractivity contribution in [2.24, 2.45) is 0 Å². The van der Waals surface area contributed by atoms with Gasteiger partial charge < -0.3 is 15.1 Å². The van der Waals surface area contributed by atoms with Crippen LogP contribution in [0.5, 0.6) is 0 Å². The minimum absolute atomic E-state index is 0.107. The van der Waals surface area contributed by atoms with Gasteiger partial charge in [0, 0.05) is 43.8 Å². The molecule has 0 saturated carbocycles. The molecule has 0 radical (unpaired) electrons. The fourth-order valence-electron chi connectivity index (χ4n) is 2.41. The third-order valence-electron chi connectivity index (χ3n) is 3.70. The standard InChI is InChI=1S/C15H17ClN6O/c1-11(23)21-6-8-22(9-7-21)14-10-17-20-15(19-14)18-13-4-2-12(16)3-5-13/h2-5,10H,6-9H2,1H3,(H,18,19,20). The van der Waals surface area contributed by atoms with Crippen molar-refractivity contribution >= 4 is 35.0 Å². The van der Waals surface area contributed by atoms with E-state index in [1.807, 2.05) is 17.0 Å². The first-order chi connectivity index (χ1) is 11.1. The van der Waals surface area contributed by atoms with Gasteiger partial charge in [-0.15, -0.1) is 5.10 Å². The lowest BCUT2D eigenvalue weighted by atomic mass is 10.3. The number of hydrogen-bond donors (Lipinski definition) is 1. The van der Waals surface area contributed by atoms with Crippen LogP contribution in [0.15, 0.2) is 30.5 Å². The zero-order valence-corrected chi connectivity index (χ0v) is 13.5. The number of carbonyl (C=O) groups is 1. The molecule has 2 heterocycles. The van der Waals surface area contributed by atoms with Gasteiger partial charge in [-0.2, -0.15) is 10.1 Å². The first kappa shape index (κ1) is 15.5. The minimum Gasteiger partial charge on any atom is -0.352 e. The number of nitrogens with one attached hydrogen (secondary N) is 1. The van der Waals surface area contributed by atoms with E-state index in [-0.39, 0.29) is 5.91 Å². The second-order valence-corrected chi connectivity index (χ2v) is 5.70. The van der Waals surface area contributed by atoms with Crippen molar-refractivity contribution in [2.75, 3.05) is 36.4 Å². The van der Waals surface area contributed by atoms with Gasteiger partial charge in [-0.05, 0) is 24.3 Å². The van der Waals surface area contributed by atoms with E-state index >= 15 is 0 Å². The van der Waals surface area contributed by atoms with Crippen LogP contribution in [0.1, 0.15) is 6.92 Å². The average molecular weight is 333 g/mol. The van der Waals surface area contributed by atoms with Crippen molar-refractivity contribution < 1.29 is 4.79 Å². The number of nitrogens with zero attached hydrogens (tertiary/aromatic N) is 5. The van der Waals surface area contributed by atoms with Gasteiger partial charge in [0.05, 0.1) is 6.20 Å². The number of halogens is 1. The molecule has 120 valence electrons. The largest absolute Gasteiger partial charge is 0.352 e. The number of rotatable bonds is 3. The number of anilines is 3. The maximum absolute atomic E-state index is 11.4. The molecule has 1 N–H and O–H groups in total. The molecule has 1 aliphatic rings. The quantitative estimate of drug-likeness (QED) is 0.926. The Labute approximate surface area is 139 Å². The molecule has 3 rings (SSSR count). The Morgan fingerprint density at radius 3 is 2.52 bits per heavy atom. The van der Waals surface area contributed by atoms with Gasteiger partial charge >= 0.3 is 0 Å². The summed E-state index contributed by atoms with van der Waals surface area (Å²) in [5.74, 6) is 1.29. The van der Waals surface area contributed by atoms with Crippen LogP contribution in [-0.2, 0) is 4.79 Å². The highest BCUT2D eigenvalue weighted by Gasteiger charge is 2.20. The van der Waals surface area contributed by atoms with Gasteiger partial charge in [-0.3, -0.25) is 4.79 Å². The van der Waals surface area contributed by atoms with Gasteiger partial charge in [-0.25, -0.2) is 0 Å². The van der Waals surface area contributed by atoms with Gasteiger partial charge in [0.2, 0.25) is 11.9 Å². The molecule has 0 unspecified atom stereocenters. The molecule has 1 aromatic heterocycles. The fourth-order valence-corrected chi connectivity index (χ4v) is 2.54. The lowest BCUT2D eigenvalue weighted by Crippen LogP contribution is -2.48. The molecular formula is C15H17ClN6O. The molecule has 0 spiro atoms. The van der Waals surface area contributed by atoms with E-state index in [1.54, 1.807) is 25.3 Å². The molecule has 1 saturated heterocycles. The summed E-state index contributed by atoms with van der Waals surface area (Å²) in [5.41, 5.74) is 0.842. The van der Waals surface area contributed by atoms with Crippen LogP contribution in [0.2, 0.25) is 5.02 Å². The van der Waals surface area contributed by atoms with Crippen LogP contribution in [0.3, 0.4) is 0 Å². The van der Waals surface area contributed by atoms with E-state index in [2.05, 4.69) is 25.4 Å². The van der Waals surface area contributed by atoms with Crippen LogP contribution in [0.25, 0.3) is 0 Å². The molecule has 1 aliphatic heterocycles. The highest BCUT2D eigenvalue weighted by atomic mass is 35.5. The SMILES string of the molecule is CC(=O)N1CCN(c2cnnc(Nc3ccc(Cl)cc3)n2)CC1. The third kappa shape index (κ3) is 3.87. The Bertz CT molecular complexity index is 685. The molecule has 0 aliphatic carbocycles. The van der Waals surface area contributed by atoms with E-state index < -0.39 is 0 Å². The Balaban J connectivity index is 1.68. The number of hydrogen-bond acceptors (Lipinski definition) is 6. The van der Waals surface area contributed by atoms with Crippen LogP contribution >= 0.6 is 11.6 Å². The maximum Gasteiger partial charge on any atom is 0.249 e. The Morgan fingerprint density at radius 1 is 1.17 bits per heavy atom. The van der Waals surface area contributed by atoms with Crippen molar-refractivity contribution in [1.82, 2.24) is 20.1 Å². The summed E-state index contributed by atoms with van der Waals surface area (Å²) >= 11 is 5.87. The second kappa shape index (κ2) is 6.78. The Hall–Kier alpha value is -2.41. The lowest BCUT2D eigenvalue weighted by Gasteiger charge is -2.34. The number of benzene rings is 1. The average Bonchev–Trinajstić information content (AvgIpc) is 2.57. The van der Waals surface area contributed by atoms with E-state index in [0.29, 0.717) is 24.1 Å². The van der Waals surface area contributed by atoms with Gasteiger partial charge in [0.25, 0.3) is 0 Å². The normalized spacial score (nSPS) is 14.7. The van der Waals surface area contributed by atoms with E-state index in [0.717, 1.165) is 24.6 Å². The van der Waals surface area contributed by atoms with Crippen molar-refractivity contribution in [2.45, 2.75) is 6.92 Å². The van der Waals surface area contributed by atoms with E-state index in [4.69, 9.17) is 11.6 Å². The summed E-state index contributed by atoms with van der Waals surface area (Å²) in [4.78, 5) is 19.8. The maximum atomic E-state index is 11.4. The highest BCUT2D eigenvalue weighted by molar-refractivity contribution is 6.30. The summed E-state index contributed by atoms with van der Waals surface area (Å²) in [6.07, 6.45) is 1.64. The molecular weight excluding hydrogens is 316 g/mol. The zero-order chi connectivity index (χ0) is 16.2.